The molecule has 3 aliphatic rings. The number of likely N-dealkylation sites (tertiary alicyclic amines) is 2. The summed E-state index contributed by atoms with van der Waals surface area (Å²) < 4.78 is 42.7. The Morgan fingerprint density at radius 2 is 1.82 bits per heavy atom. The molecule has 3 aromatic carbocycles. The number of aromatic nitrogens is 2. The van der Waals surface area contributed by atoms with Crippen LogP contribution in [0.15, 0.2) is 59.7 Å². The number of nitrogens with zero attached hydrogens (tertiary/aromatic N) is 6. The quantitative estimate of drug-likeness (QED) is 0.0850. The molecule has 0 saturated carbocycles. The molecule has 14 nitrogen and oxygen atoms in total. The Morgan fingerprint density at radius 1 is 1.05 bits per heavy atom. The largest absolute Gasteiger partial charge is 0.453 e. The molecule has 4 aromatic rings. The number of aryl methyl sites for hydroxylation is 1. The number of benzene rings is 3. The summed E-state index contributed by atoms with van der Waals surface area (Å²) in [4.78, 5) is 59.2. The number of piperidine rings is 3. The first-order valence-corrected chi connectivity index (χ1v) is 22.0. The van der Waals surface area contributed by atoms with Crippen LogP contribution in [0.4, 0.5) is 20.2 Å². The summed E-state index contributed by atoms with van der Waals surface area (Å²) in [6.07, 6.45) is 6.94. The second kappa shape index (κ2) is 19.6. The van der Waals surface area contributed by atoms with Crippen molar-refractivity contribution in [3.63, 3.8) is 0 Å². The van der Waals surface area contributed by atoms with E-state index in [0.717, 1.165) is 45.1 Å². The van der Waals surface area contributed by atoms with Crippen LogP contribution in [0.1, 0.15) is 82.3 Å². The smallest absolute Gasteiger partial charge is 0.261 e. The zero-order chi connectivity index (χ0) is 44.0. The summed E-state index contributed by atoms with van der Waals surface area (Å²) in [7, 11) is 1.88. The number of rotatable bonds is 15. The van der Waals surface area contributed by atoms with Crippen LogP contribution in [-0.4, -0.2) is 93.7 Å². The fourth-order valence-electron chi connectivity index (χ4n) is 8.42. The number of hydrogen-bond donors (Lipinski definition) is 3. The van der Waals surface area contributed by atoms with Gasteiger partial charge in [0.15, 0.2) is 11.6 Å². The van der Waals surface area contributed by atoms with E-state index in [4.69, 9.17) is 4.74 Å². The van der Waals surface area contributed by atoms with Crippen molar-refractivity contribution in [1.82, 2.24) is 29.0 Å². The van der Waals surface area contributed by atoms with Crippen LogP contribution in [0.2, 0.25) is 0 Å². The summed E-state index contributed by atoms with van der Waals surface area (Å²) in [6, 6.07) is 13.9. The molecular formula is C45H53F2N9O5S. The van der Waals surface area contributed by atoms with E-state index in [9.17, 15) is 24.4 Å². The van der Waals surface area contributed by atoms with Gasteiger partial charge in [-0.25, -0.2) is 18.1 Å². The zero-order valence-electron chi connectivity index (χ0n) is 35.3. The highest BCUT2D eigenvalue weighted by Crippen LogP contribution is 2.37. The summed E-state index contributed by atoms with van der Waals surface area (Å²) in [5.41, 5.74) is 1.79. The van der Waals surface area contributed by atoms with Gasteiger partial charge in [-0.1, -0.05) is 19.9 Å². The lowest BCUT2D eigenvalue weighted by Gasteiger charge is -2.40. The maximum Gasteiger partial charge on any atom is 0.261 e. The van der Waals surface area contributed by atoms with E-state index >= 15 is 8.78 Å². The lowest BCUT2D eigenvalue weighted by molar-refractivity contribution is -0.135. The molecule has 3 N–H and O–H groups in total. The standard InChI is InChI=1S/C45H53F2N9O5S/c1-4-53(3)62-52-38-11-9-35(46)42(34(38)26-48)61-31-7-10-37-33(25-31)44(60)56(28-49-37)19-5-16-45(2)17-22-55(23-18-45)41(58)27-54-20-14-29(15-21-54)32-8-6-30(24-36(32)47)50-39-12-13-40(57)51-43(39)59/h6-11,24-25,28-29,39,50,52H,4-5,12-23,27H2,1-3H3,(H,51,57,59). The highest BCUT2D eigenvalue weighted by molar-refractivity contribution is 7.98. The van der Waals surface area contributed by atoms with Crippen molar-refractivity contribution in [1.29, 1.82) is 5.26 Å². The number of amides is 3. The molecule has 17 heteroatoms. The monoisotopic (exact) mass is 869 g/mol. The molecule has 1 aromatic heterocycles. The second-order valence-electron chi connectivity index (χ2n) is 16.8. The molecule has 0 aliphatic carbocycles. The number of anilines is 2. The minimum Gasteiger partial charge on any atom is -0.453 e. The molecule has 1 unspecified atom stereocenters. The van der Waals surface area contributed by atoms with Gasteiger partial charge in [0.25, 0.3) is 5.56 Å². The number of nitriles is 1. The molecule has 62 heavy (non-hydrogen) atoms. The zero-order valence-corrected chi connectivity index (χ0v) is 36.2. The van der Waals surface area contributed by atoms with Crippen LogP contribution in [0.5, 0.6) is 11.5 Å². The molecule has 0 bridgehead atoms. The van der Waals surface area contributed by atoms with Gasteiger partial charge in [0.05, 0.1) is 29.5 Å². The topological polar surface area (TPSA) is 165 Å². The third-order valence-corrected chi connectivity index (χ3v) is 13.3. The first kappa shape index (κ1) is 44.5. The lowest BCUT2D eigenvalue weighted by atomic mass is 9.76. The maximum absolute atomic E-state index is 15.2. The predicted octanol–water partition coefficient (Wildman–Crippen LogP) is 6.77. The van der Waals surface area contributed by atoms with Gasteiger partial charge in [0.2, 0.25) is 17.7 Å². The number of imide groups is 1. The molecular weight excluding hydrogens is 817 g/mol. The third-order valence-electron chi connectivity index (χ3n) is 12.5. The van der Waals surface area contributed by atoms with Crippen LogP contribution < -0.4 is 25.7 Å². The number of halogens is 2. The van der Waals surface area contributed by atoms with Crippen molar-refractivity contribution in [2.75, 3.05) is 56.4 Å². The lowest BCUT2D eigenvalue weighted by Crippen LogP contribution is -2.47. The van der Waals surface area contributed by atoms with Gasteiger partial charge in [-0.3, -0.25) is 34.0 Å². The number of nitrogens with one attached hydrogen (secondary N) is 3. The van der Waals surface area contributed by atoms with Crippen LogP contribution in [0.3, 0.4) is 0 Å². The molecule has 0 radical (unpaired) electrons. The van der Waals surface area contributed by atoms with Crippen LogP contribution in [-0.2, 0) is 20.9 Å². The Balaban J connectivity index is 0.868. The number of carbonyl (C=O) groups is 3. The van der Waals surface area contributed by atoms with Gasteiger partial charge >= 0.3 is 0 Å². The van der Waals surface area contributed by atoms with Gasteiger partial charge in [0.1, 0.15) is 29.2 Å². The fourth-order valence-corrected chi connectivity index (χ4v) is 8.97. The molecule has 1 atom stereocenters. The number of fused-ring (bicyclic) bond motifs is 1. The van der Waals surface area contributed by atoms with Crippen LogP contribution in [0, 0.1) is 28.4 Å². The van der Waals surface area contributed by atoms with Gasteiger partial charge in [-0.05, 0) is 124 Å². The van der Waals surface area contributed by atoms with Crippen LogP contribution >= 0.6 is 12.1 Å². The van der Waals surface area contributed by atoms with E-state index in [1.807, 2.05) is 29.2 Å². The van der Waals surface area contributed by atoms with E-state index in [1.54, 1.807) is 35.2 Å². The fraction of sp³-hybridized carbons (Fsp3) is 0.467. The Hall–Kier alpha value is -5.57. The summed E-state index contributed by atoms with van der Waals surface area (Å²) >= 11 is 1.27. The first-order chi connectivity index (χ1) is 29.8. The highest BCUT2D eigenvalue weighted by Gasteiger charge is 2.33. The second-order valence-corrected chi connectivity index (χ2v) is 17.8. The van der Waals surface area contributed by atoms with Gasteiger partial charge < -0.3 is 19.7 Å². The minimum absolute atomic E-state index is 0.00804. The first-order valence-electron chi connectivity index (χ1n) is 21.3. The van der Waals surface area contributed by atoms with Gasteiger partial charge in [-0.2, -0.15) is 5.26 Å². The molecule has 3 saturated heterocycles. The Morgan fingerprint density at radius 3 is 2.53 bits per heavy atom. The van der Waals surface area contributed by atoms with E-state index < -0.39 is 17.8 Å². The number of hydrogen-bond acceptors (Lipinski definition) is 12. The van der Waals surface area contributed by atoms with E-state index in [1.165, 1.54) is 36.4 Å². The van der Waals surface area contributed by atoms with Crippen molar-refractivity contribution in [3.05, 3.63) is 88.0 Å². The van der Waals surface area contributed by atoms with Gasteiger partial charge in [0, 0.05) is 50.4 Å². The highest BCUT2D eigenvalue weighted by atomic mass is 32.2. The van der Waals surface area contributed by atoms with E-state index in [2.05, 4.69) is 32.2 Å². The number of ether oxygens (including phenoxy) is 1. The molecule has 4 heterocycles. The third kappa shape index (κ3) is 10.5. The summed E-state index contributed by atoms with van der Waals surface area (Å²) in [6.45, 7) is 8.47. The molecule has 3 aliphatic heterocycles. The maximum atomic E-state index is 15.2. The Labute approximate surface area is 364 Å². The normalized spacial score (nSPS) is 18.4. The SMILES string of the molecule is CCN(C)SNc1ccc(F)c(Oc2ccc3ncn(CCCC4(C)CCN(C(=O)CN5CCC(c6ccc(NC7CCC(=O)NC7=O)cc6F)CC5)CC4)c(=O)c3c2)c1C#N. The van der Waals surface area contributed by atoms with Gasteiger partial charge in [-0.15, -0.1) is 0 Å². The average Bonchev–Trinajstić information content (AvgIpc) is 3.26. The summed E-state index contributed by atoms with van der Waals surface area (Å²) in [5.74, 6) is -1.62. The van der Waals surface area contributed by atoms with Crippen molar-refractivity contribution in [3.8, 4) is 17.6 Å². The van der Waals surface area contributed by atoms with Crippen molar-refractivity contribution >= 4 is 52.1 Å². The molecule has 3 fully saturated rings. The van der Waals surface area contributed by atoms with Crippen molar-refractivity contribution in [2.24, 2.45) is 5.41 Å². The molecule has 328 valence electrons. The molecule has 3 amide bonds. The summed E-state index contributed by atoms with van der Waals surface area (Å²) in [5, 5.41) is 15.6. The van der Waals surface area contributed by atoms with Crippen molar-refractivity contribution < 1.29 is 27.9 Å². The Bertz CT molecular complexity index is 2410. The predicted molar refractivity (Wildman–Crippen MR) is 234 cm³/mol. The van der Waals surface area contributed by atoms with Crippen LogP contribution in [0.25, 0.3) is 10.9 Å². The molecule has 7 rings (SSSR count). The number of carbonyl (C=O) groups excluding carboxylic acids is 3. The van der Waals surface area contributed by atoms with Crippen molar-refractivity contribution in [2.45, 2.75) is 83.7 Å². The van der Waals surface area contributed by atoms with E-state index in [0.29, 0.717) is 73.5 Å². The Kier molecular flexibility index (Phi) is 14.1. The van der Waals surface area contributed by atoms with E-state index in [-0.39, 0.29) is 58.0 Å². The molecule has 0 spiro atoms. The minimum atomic E-state index is -0.701. The average molecular weight is 870 g/mol.